The van der Waals surface area contributed by atoms with E-state index < -0.39 is 0 Å². The summed E-state index contributed by atoms with van der Waals surface area (Å²) in [4.78, 5) is 25.1. The number of ether oxygens (including phenoxy) is 1. The Balaban J connectivity index is 2.40. The topological polar surface area (TPSA) is 65.3 Å². The fourth-order valence-electron chi connectivity index (χ4n) is 2.84. The largest absolute Gasteiger partial charge is 0.495 e. The number of aryl methyl sites for hydroxylation is 1. The zero-order valence-electron chi connectivity index (χ0n) is 11.5. The lowest BCUT2D eigenvalue weighted by Gasteiger charge is -2.17. The van der Waals surface area contributed by atoms with Gasteiger partial charge in [0.1, 0.15) is 11.3 Å². The molecule has 6 nitrogen and oxygen atoms in total. The first-order valence-corrected chi connectivity index (χ1v) is 6.66. The number of rotatable bonds is 2. The minimum Gasteiger partial charge on any atom is -0.495 e. The summed E-state index contributed by atoms with van der Waals surface area (Å²) in [5.41, 5.74) is -0.0351. The first-order chi connectivity index (χ1) is 9.65. The second-order valence-electron chi connectivity index (χ2n) is 4.99. The van der Waals surface area contributed by atoms with E-state index in [0.717, 1.165) is 19.4 Å². The monoisotopic (exact) mass is 275 g/mol. The van der Waals surface area contributed by atoms with Gasteiger partial charge in [0, 0.05) is 7.05 Å². The number of aromatic nitrogens is 2. The van der Waals surface area contributed by atoms with Crippen LogP contribution in [0, 0.1) is 0 Å². The lowest BCUT2D eigenvalue weighted by Crippen LogP contribution is -2.44. The molecule has 6 heteroatoms. The van der Waals surface area contributed by atoms with E-state index in [2.05, 4.69) is 5.32 Å². The zero-order valence-corrected chi connectivity index (χ0v) is 11.5. The highest BCUT2D eigenvalue weighted by molar-refractivity contribution is 5.84. The van der Waals surface area contributed by atoms with Crippen LogP contribution in [0.5, 0.6) is 5.75 Å². The molecule has 1 aromatic heterocycles. The quantitative estimate of drug-likeness (QED) is 0.871. The molecule has 2 heterocycles. The number of hydrogen-bond acceptors (Lipinski definition) is 4. The molecule has 1 aliphatic heterocycles. The van der Waals surface area contributed by atoms with E-state index in [1.807, 2.05) is 0 Å². The number of nitrogens with one attached hydrogen (secondary N) is 1. The Morgan fingerprint density at radius 3 is 2.80 bits per heavy atom. The maximum atomic E-state index is 12.6. The van der Waals surface area contributed by atoms with E-state index in [4.69, 9.17) is 4.74 Å². The van der Waals surface area contributed by atoms with Gasteiger partial charge in [-0.25, -0.2) is 9.36 Å². The summed E-state index contributed by atoms with van der Waals surface area (Å²) in [5.74, 6) is 0.533. The average molecular weight is 275 g/mol. The molecule has 0 radical (unpaired) electrons. The molecular weight excluding hydrogens is 258 g/mol. The molecule has 0 amide bonds. The minimum absolute atomic E-state index is 0.211. The normalized spacial score (nSPS) is 18.6. The van der Waals surface area contributed by atoms with Gasteiger partial charge in [0.2, 0.25) is 0 Å². The summed E-state index contributed by atoms with van der Waals surface area (Å²) >= 11 is 0. The number of benzene rings is 1. The zero-order chi connectivity index (χ0) is 14.3. The molecule has 1 N–H and O–H groups in total. The summed E-state index contributed by atoms with van der Waals surface area (Å²) in [5, 5.41) is 3.69. The van der Waals surface area contributed by atoms with Crippen LogP contribution in [0.15, 0.2) is 27.8 Å². The Bertz CT molecular complexity index is 770. The van der Waals surface area contributed by atoms with E-state index in [9.17, 15) is 9.59 Å². The smallest absolute Gasteiger partial charge is 0.332 e. The summed E-state index contributed by atoms with van der Waals surface area (Å²) in [7, 11) is 3.20. The van der Waals surface area contributed by atoms with Crippen LogP contribution in [-0.2, 0) is 7.05 Å². The van der Waals surface area contributed by atoms with Crippen molar-refractivity contribution in [3.63, 3.8) is 0 Å². The van der Waals surface area contributed by atoms with Crippen molar-refractivity contribution in [2.45, 2.75) is 19.0 Å². The van der Waals surface area contributed by atoms with E-state index in [1.165, 1.54) is 16.2 Å². The van der Waals surface area contributed by atoms with Crippen molar-refractivity contribution in [3.8, 4) is 5.75 Å². The Kier molecular flexibility index (Phi) is 3.10. The van der Waals surface area contributed by atoms with Gasteiger partial charge in [-0.2, -0.15) is 0 Å². The van der Waals surface area contributed by atoms with Crippen molar-refractivity contribution in [2.75, 3.05) is 13.7 Å². The minimum atomic E-state index is -0.314. The Hall–Kier alpha value is -2.08. The SMILES string of the molecule is COc1cccc2c(=O)n(C3CCCN3)c(=O)n(C)c12. The second-order valence-corrected chi connectivity index (χ2v) is 4.99. The molecule has 1 aromatic carbocycles. The summed E-state index contributed by atoms with van der Waals surface area (Å²) in [6.07, 6.45) is 1.55. The number of hydrogen-bond donors (Lipinski definition) is 1. The average Bonchev–Trinajstić information content (AvgIpc) is 2.98. The van der Waals surface area contributed by atoms with Gasteiger partial charge < -0.3 is 4.74 Å². The number of fused-ring (bicyclic) bond motifs is 1. The van der Waals surface area contributed by atoms with Gasteiger partial charge in [0.25, 0.3) is 5.56 Å². The highest BCUT2D eigenvalue weighted by Crippen LogP contribution is 2.22. The predicted octanol–water partition coefficient (Wildman–Crippen LogP) is 0.591. The summed E-state index contributed by atoms with van der Waals surface area (Å²) < 4.78 is 8.06. The molecule has 0 spiro atoms. The summed E-state index contributed by atoms with van der Waals surface area (Å²) in [6, 6.07) is 5.24. The van der Waals surface area contributed by atoms with Gasteiger partial charge in [0.15, 0.2) is 0 Å². The van der Waals surface area contributed by atoms with Crippen molar-refractivity contribution < 1.29 is 4.74 Å². The van der Waals surface area contributed by atoms with Gasteiger partial charge in [-0.05, 0) is 31.5 Å². The van der Waals surface area contributed by atoms with E-state index in [0.29, 0.717) is 16.7 Å². The maximum Gasteiger partial charge on any atom is 0.332 e. The Labute approximate surface area is 115 Å². The predicted molar refractivity (Wildman–Crippen MR) is 76.3 cm³/mol. The van der Waals surface area contributed by atoms with Crippen LogP contribution in [-0.4, -0.2) is 22.8 Å². The molecule has 2 aromatic rings. The van der Waals surface area contributed by atoms with Crippen LogP contribution in [0.4, 0.5) is 0 Å². The van der Waals surface area contributed by atoms with Gasteiger partial charge in [-0.1, -0.05) is 6.07 Å². The molecule has 0 bridgehead atoms. The Morgan fingerprint density at radius 2 is 2.15 bits per heavy atom. The molecular formula is C14H17N3O3. The molecule has 1 atom stereocenters. The van der Waals surface area contributed by atoms with Crippen LogP contribution >= 0.6 is 0 Å². The Morgan fingerprint density at radius 1 is 1.35 bits per heavy atom. The van der Waals surface area contributed by atoms with Crippen LogP contribution in [0.25, 0.3) is 10.9 Å². The maximum absolute atomic E-state index is 12.6. The van der Waals surface area contributed by atoms with Crippen molar-refractivity contribution in [1.29, 1.82) is 0 Å². The molecule has 1 unspecified atom stereocenters. The molecule has 1 fully saturated rings. The van der Waals surface area contributed by atoms with Crippen LogP contribution in [0.1, 0.15) is 19.0 Å². The van der Waals surface area contributed by atoms with Gasteiger partial charge in [-0.3, -0.25) is 14.7 Å². The van der Waals surface area contributed by atoms with Gasteiger partial charge in [0.05, 0.1) is 18.7 Å². The lowest BCUT2D eigenvalue weighted by atomic mass is 10.2. The van der Waals surface area contributed by atoms with Crippen LogP contribution < -0.4 is 21.3 Å². The van der Waals surface area contributed by atoms with Crippen molar-refractivity contribution in [1.82, 2.24) is 14.5 Å². The molecule has 0 saturated carbocycles. The highest BCUT2D eigenvalue weighted by atomic mass is 16.5. The van der Waals surface area contributed by atoms with E-state index >= 15 is 0 Å². The number of nitrogens with zero attached hydrogens (tertiary/aromatic N) is 2. The molecule has 3 rings (SSSR count). The van der Waals surface area contributed by atoms with Crippen molar-refractivity contribution >= 4 is 10.9 Å². The van der Waals surface area contributed by atoms with E-state index in [-0.39, 0.29) is 17.4 Å². The highest BCUT2D eigenvalue weighted by Gasteiger charge is 2.22. The molecule has 1 saturated heterocycles. The van der Waals surface area contributed by atoms with Crippen molar-refractivity contribution in [3.05, 3.63) is 39.0 Å². The molecule has 0 aliphatic carbocycles. The first-order valence-electron chi connectivity index (χ1n) is 6.66. The number of methoxy groups -OCH3 is 1. The van der Waals surface area contributed by atoms with E-state index in [1.54, 1.807) is 25.2 Å². The second kappa shape index (κ2) is 4.79. The summed E-state index contributed by atoms with van der Waals surface area (Å²) in [6.45, 7) is 0.830. The van der Waals surface area contributed by atoms with Gasteiger partial charge >= 0.3 is 5.69 Å². The third-order valence-electron chi connectivity index (χ3n) is 3.84. The standard InChI is InChI=1S/C14H17N3O3/c1-16-12-9(5-3-6-10(12)20-2)13(18)17(14(16)19)11-7-4-8-15-11/h3,5-6,11,15H,4,7-8H2,1-2H3. The molecule has 106 valence electrons. The molecule has 1 aliphatic rings. The van der Waals surface area contributed by atoms with Crippen molar-refractivity contribution in [2.24, 2.45) is 7.05 Å². The third kappa shape index (κ3) is 1.76. The van der Waals surface area contributed by atoms with Gasteiger partial charge in [-0.15, -0.1) is 0 Å². The third-order valence-corrected chi connectivity index (χ3v) is 3.84. The van der Waals surface area contributed by atoms with Crippen LogP contribution in [0.3, 0.4) is 0 Å². The first kappa shape index (κ1) is 12.9. The number of para-hydroxylation sites is 1. The fourth-order valence-corrected chi connectivity index (χ4v) is 2.84. The lowest BCUT2D eigenvalue weighted by molar-refractivity contribution is 0.411. The van der Waals surface area contributed by atoms with Crippen LogP contribution in [0.2, 0.25) is 0 Å². The fraction of sp³-hybridized carbons (Fsp3) is 0.429. The molecule has 20 heavy (non-hydrogen) atoms.